The fourth-order valence-corrected chi connectivity index (χ4v) is 5.33. The van der Waals surface area contributed by atoms with Gasteiger partial charge in [-0.3, -0.25) is 10.2 Å². The molecule has 0 spiro atoms. The number of nitrogens with one attached hydrogen (secondary N) is 3. The molecule has 12 nitrogen and oxygen atoms in total. The van der Waals surface area contributed by atoms with E-state index in [0.29, 0.717) is 24.1 Å². The van der Waals surface area contributed by atoms with E-state index in [1.165, 1.54) is 0 Å². The molecule has 0 bridgehead atoms. The lowest BCUT2D eigenvalue weighted by molar-refractivity contribution is -0.157. The van der Waals surface area contributed by atoms with E-state index in [1.807, 2.05) is 6.92 Å². The highest BCUT2D eigenvalue weighted by atomic mass is 28.4. The molecule has 2 amide bonds. The van der Waals surface area contributed by atoms with Gasteiger partial charge in [0, 0.05) is 31.1 Å². The molecule has 0 aromatic heterocycles. The molecule has 0 saturated carbocycles. The molecule has 2 rings (SSSR count). The summed E-state index contributed by atoms with van der Waals surface area (Å²) in [5, 5.41) is 16.8. The largest absolute Gasteiger partial charge is 0.458 e. The van der Waals surface area contributed by atoms with Crippen LogP contribution in [0.3, 0.4) is 0 Å². The molecule has 0 unspecified atom stereocenters. The predicted octanol–water partition coefficient (Wildman–Crippen LogP) is 4.21. The summed E-state index contributed by atoms with van der Waals surface area (Å²) in [4.78, 5) is 43.5. The molecular formula is C30H49N5O7Si. The van der Waals surface area contributed by atoms with Crippen LogP contribution in [0.1, 0.15) is 78.9 Å². The third-order valence-corrected chi connectivity index (χ3v) is 11.8. The van der Waals surface area contributed by atoms with Crippen molar-refractivity contribution in [2.24, 2.45) is 10.9 Å². The molecule has 3 atom stereocenters. The van der Waals surface area contributed by atoms with Crippen molar-refractivity contribution in [3.8, 4) is 0 Å². The molecule has 1 aromatic rings. The molecule has 1 aliphatic heterocycles. The van der Waals surface area contributed by atoms with Crippen LogP contribution in [0.2, 0.25) is 18.1 Å². The van der Waals surface area contributed by atoms with Crippen molar-refractivity contribution < 1.29 is 33.1 Å². The Bertz CT molecular complexity index is 1170. The zero-order valence-electron chi connectivity index (χ0n) is 27.0. The van der Waals surface area contributed by atoms with Crippen molar-refractivity contribution in [1.82, 2.24) is 10.6 Å². The number of esters is 1. The van der Waals surface area contributed by atoms with Gasteiger partial charge in [-0.05, 0) is 51.4 Å². The summed E-state index contributed by atoms with van der Waals surface area (Å²) in [6.45, 7) is 17.8. The fourth-order valence-electron chi connectivity index (χ4n) is 3.85. The number of carbonyl (C=O) groups excluding carboxylic acids is 3. The number of nitrogen functional groups attached to an aromatic ring is 1. The highest BCUT2D eigenvalue weighted by molar-refractivity contribution is 6.74. The van der Waals surface area contributed by atoms with E-state index >= 15 is 0 Å². The summed E-state index contributed by atoms with van der Waals surface area (Å²) in [5.41, 5.74) is 6.79. The number of carbonyl (C=O) groups is 3. The zero-order chi connectivity index (χ0) is 32.6. The minimum absolute atomic E-state index is 0.00384. The minimum Gasteiger partial charge on any atom is -0.458 e. The first-order chi connectivity index (χ1) is 19.8. The molecule has 0 radical (unpaired) electrons. The maximum Gasteiger partial charge on any atom is 0.407 e. The van der Waals surface area contributed by atoms with Crippen molar-refractivity contribution in [2.45, 2.75) is 110 Å². The Morgan fingerprint density at radius 1 is 1.14 bits per heavy atom. The van der Waals surface area contributed by atoms with Crippen molar-refractivity contribution in [3.63, 3.8) is 0 Å². The SMILES string of the molecule is C[C@H](CCOC(=O)N[C@@H](CNC(=O)C[C@H]1CC(c2ccc(C(=N)N)cc2)=NO1)C(=O)OC(C)(C)C)O[Si](C)(C)C(C)(C)C. The lowest BCUT2D eigenvalue weighted by atomic mass is 10.0. The number of oxime groups is 1. The second-order valence-electron chi connectivity index (χ2n) is 13.3. The lowest BCUT2D eigenvalue weighted by Crippen LogP contribution is -2.51. The van der Waals surface area contributed by atoms with Crippen LogP contribution in [0.5, 0.6) is 0 Å². The second kappa shape index (κ2) is 14.8. The standard InChI is InChI=1S/C30H49N5O7Si/c1-19(42-43(8,9)30(5,6)7)14-15-39-28(38)34-24(27(37)40-29(2,3)4)18-33-25(36)17-22-16-23(35-41-22)20-10-12-21(13-11-20)26(31)32/h10-13,19,22,24H,14-18H2,1-9H3,(H3,31,32)(H,33,36)(H,34,38)/t19-,22-,24+/m1/s1. The lowest BCUT2D eigenvalue weighted by Gasteiger charge is -2.38. The third kappa shape index (κ3) is 12.0. The highest BCUT2D eigenvalue weighted by Gasteiger charge is 2.38. The highest BCUT2D eigenvalue weighted by Crippen LogP contribution is 2.37. The Morgan fingerprint density at radius 3 is 2.33 bits per heavy atom. The van der Waals surface area contributed by atoms with Gasteiger partial charge in [0.1, 0.15) is 23.6 Å². The second-order valence-corrected chi connectivity index (χ2v) is 18.1. The number of amides is 2. The zero-order valence-corrected chi connectivity index (χ0v) is 28.0. The topological polar surface area (TPSA) is 174 Å². The number of hydrogen-bond donors (Lipinski definition) is 4. The van der Waals surface area contributed by atoms with E-state index in [0.717, 1.165) is 5.56 Å². The van der Waals surface area contributed by atoms with Crippen molar-refractivity contribution >= 4 is 37.8 Å². The number of benzene rings is 1. The molecule has 240 valence electrons. The number of amidine groups is 1. The minimum atomic E-state index is -1.96. The number of nitrogens with two attached hydrogens (primary N) is 1. The summed E-state index contributed by atoms with van der Waals surface area (Å²) in [7, 11) is -1.96. The Labute approximate surface area is 256 Å². The summed E-state index contributed by atoms with van der Waals surface area (Å²) < 4.78 is 17.1. The van der Waals surface area contributed by atoms with Crippen LogP contribution >= 0.6 is 0 Å². The number of hydrogen-bond acceptors (Lipinski definition) is 9. The molecule has 1 aromatic carbocycles. The monoisotopic (exact) mass is 619 g/mol. The Kier molecular flexibility index (Phi) is 12.3. The van der Waals surface area contributed by atoms with Gasteiger partial charge in [-0.15, -0.1) is 0 Å². The maximum atomic E-state index is 12.8. The van der Waals surface area contributed by atoms with E-state index in [-0.39, 0.29) is 42.5 Å². The molecule has 0 fully saturated rings. The van der Waals surface area contributed by atoms with Crippen molar-refractivity contribution in [2.75, 3.05) is 13.2 Å². The van der Waals surface area contributed by atoms with Crippen LogP contribution in [0.15, 0.2) is 29.4 Å². The van der Waals surface area contributed by atoms with Crippen LogP contribution in [0.25, 0.3) is 0 Å². The summed E-state index contributed by atoms with van der Waals surface area (Å²) in [5.74, 6) is -1.11. The van der Waals surface area contributed by atoms with Gasteiger partial charge >= 0.3 is 12.1 Å². The van der Waals surface area contributed by atoms with Crippen molar-refractivity contribution in [3.05, 3.63) is 35.4 Å². The Morgan fingerprint density at radius 2 is 1.77 bits per heavy atom. The fraction of sp³-hybridized carbons (Fsp3) is 0.633. The van der Waals surface area contributed by atoms with Crippen molar-refractivity contribution in [1.29, 1.82) is 5.41 Å². The van der Waals surface area contributed by atoms with Gasteiger partial charge in [0.15, 0.2) is 8.32 Å². The first kappa shape index (κ1) is 35.7. The molecular weight excluding hydrogens is 570 g/mol. The number of rotatable bonds is 13. The maximum absolute atomic E-state index is 12.8. The van der Waals surface area contributed by atoms with E-state index in [2.05, 4.69) is 49.7 Å². The molecule has 5 N–H and O–H groups in total. The average Bonchev–Trinajstić information content (AvgIpc) is 3.32. The van der Waals surface area contributed by atoms with Crippen LogP contribution in [0.4, 0.5) is 4.79 Å². The average molecular weight is 620 g/mol. The van der Waals surface area contributed by atoms with Gasteiger partial charge < -0.3 is 35.1 Å². The van der Waals surface area contributed by atoms with Crippen LogP contribution in [-0.4, -0.2) is 74.8 Å². The van der Waals surface area contributed by atoms with Gasteiger partial charge in [-0.1, -0.05) is 50.2 Å². The smallest absolute Gasteiger partial charge is 0.407 e. The number of ether oxygens (including phenoxy) is 2. The molecule has 0 aliphatic carbocycles. The molecule has 1 aliphatic rings. The third-order valence-electron chi connectivity index (χ3n) is 7.22. The van der Waals surface area contributed by atoms with Crippen LogP contribution in [-0.2, 0) is 28.3 Å². The normalized spacial score (nSPS) is 16.8. The van der Waals surface area contributed by atoms with Crippen LogP contribution in [0, 0.1) is 5.41 Å². The Balaban J connectivity index is 1.87. The van der Waals surface area contributed by atoms with E-state index in [4.69, 9.17) is 29.9 Å². The summed E-state index contributed by atoms with van der Waals surface area (Å²) in [6.07, 6.45) is -0.480. The Hall–Kier alpha value is -3.45. The first-order valence-corrected chi connectivity index (χ1v) is 17.5. The van der Waals surface area contributed by atoms with E-state index < -0.39 is 38.1 Å². The first-order valence-electron chi connectivity index (χ1n) is 14.6. The molecule has 1 heterocycles. The number of nitrogens with zero attached hydrogens (tertiary/aromatic N) is 1. The number of alkyl carbamates (subject to hydrolysis) is 1. The molecule has 43 heavy (non-hydrogen) atoms. The van der Waals surface area contributed by atoms with Gasteiger partial charge in [-0.25, -0.2) is 9.59 Å². The van der Waals surface area contributed by atoms with Crippen LogP contribution < -0.4 is 16.4 Å². The summed E-state index contributed by atoms with van der Waals surface area (Å²) in [6, 6.07) is 5.87. The van der Waals surface area contributed by atoms with E-state index in [9.17, 15) is 14.4 Å². The quantitative estimate of drug-likeness (QED) is 0.110. The van der Waals surface area contributed by atoms with Gasteiger partial charge in [-0.2, -0.15) is 0 Å². The molecule has 13 heteroatoms. The predicted molar refractivity (Wildman–Crippen MR) is 168 cm³/mol. The van der Waals surface area contributed by atoms with Gasteiger partial charge in [0.2, 0.25) is 5.91 Å². The molecule has 0 saturated heterocycles. The summed E-state index contributed by atoms with van der Waals surface area (Å²) >= 11 is 0. The van der Waals surface area contributed by atoms with Gasteiger partial charge in [0.25, 0.3) is 0 Å². The van der Waals surface area contributed by atoms with E-state index in [1.54, 1.807) is 45.0 Å². The van der Waals surface area contributed by atoms with Gasteiger partial charge in [0.05, 0.1) is 18.7 Å².